The maximum atomic E-state index is 5.95. The number of benzene rings is 1. The zero-order chi connectivity index (χ0) is 15.4. The van der Waals surface area contributed by atoms with Crippen LogP contribution in [-0.2, 0) is 13.0 Å². The minimum Gasteiger partial charge on any atom is -0.346 e. The van der Waals surface area contributed by atoms with Crippen LogP contribution in [0.15, 0.2) is 24.3 Å². The predicted octanol–water partition coefficient (Wildman–Crippen LogP) is 3.47. The van der Waals surface area contributed by atoms with E-state index in [9.17, 15) is 0 Å². The molecule has 6 heteroatoms. The number of hydrogen-bond acceptors (Lipinski definition) is 5. The number of aryl methyl sites for hydroxylation is 1. The summed E-state index contributed by atoms with van der Waals surface area (Å²) in [6.45, 7) is 7.35. The number of hydrogen-bond donors (Lipinski definition) is 0. The van der Waals surface area contributed by atoms with E-state index in [1.165, 1.54) is 17.1 Å². The van der Waals surface area contributed by atoms with Crippen LogP contribution in [0.25, 0.3) is 0 Å². The quantitative estimate of drug-likeness (QED) is 0.855. The molecule has 2 aromatic rings. The van der Waals surface area contributed by atoms with Crippen LogP contribution in [0.3, 0.4) is 0 Å². The molecule has 22 heavy (non-hydrogen) atoms. The van der Waals surface area contributed by atoms with Crippen LogP contribution in [0.5, 0.6) is 0 Å². The third-order valence-corrected chi connectivity index (χ3v) is 5.02. The second-order valence-electron chi connectivity index (χ2n) is 5.59. The lowest BCUT2D eigenvalue weighted by Crippen LogP contribution is -2.30. The third kappa shape index (κ3) is 3.97. The van der Waals surface area contributed by atoms with Gasteiger partial charge in [0.25, 0.3) is 0 Å². The standard InChI is InChI=1S/C16H21ClN4S/c1-2-15-18-16(22-19-15)21-9-3-8-20(10-11-21)12-13-4-6-14(17)7-5-13/h4-7H,2-3,8-12H2,1H3. The average molecular weight is 337 g/mol. The monoisotopic (exact) mass is 336 g/mol. The molecular formula is C16H21ClN4S. The van der Waals surface area contributed by atoms with Crippen LogP contribution in [0.2, 0.25) is 5.02 Å². The summed E-state index contributed by atoms with van der Waals surface area (Å²) in [6, 6.07) is 8.16. The fraction of sp³-hybridized carbons (Fsp3) is 0.500. The maximum Gasteiger partial charge on any atom is 0.205 e. The summed E-state index contributed by atoms with van der Waals surface area (Å²) in [5.41, 5.74) is 1.32. The van der Waals surface area contributed by atoms with Crippen molar-refractivity contribution < 1.29 is 0 Å². The van der Waals surface area contributed by atoms with Gasteiger partial charge in [-0.2, -0.15) is 4.37 Å². The van der Waals surface area contributed by atoms with Gasteiger partial charge in [0.1, 0.15) is 5.82 Å². The van der Waals surface area contributed by atoms with Crippen molar-refractivity contribution in [2.45, 2.75) is 26.3 Å². The molecule has 1 aromatic carbocycles. The highest BCUT2D eigenvalue weighted by atomic mass is 35.5. The molecule has 0 radical (unpaired) electrons. The van der Waals surface area contributed by atoms with E-state index >= 15 is 0 Å². The molecule has 1 aliphatic heterocycles. The highest BCUT2D eigenvalue weighted by Crippen LogP contribution is 2.20. The predicted molar refractivity (Wildman–Crippen MR) is 92.8 cm³/mol. The van der Waals surface area contributed by atoms with Crippen molar-refractivity contribution in [3.63, 3.8) is 0 Å². The highest BCUT2D eigenvalue weighted by molar-refractivity contribution is 7.09. The zero-order valence-electron chi connectivity index (χ0n) is 12.8. The SMILES string of the molecule is CCc1nsc(N2CCCN(Cc3ccc(Cl)cc3)CC2)n1. The Morgan fingerprint density at radius 1 is 1.14 bits per heavy atom. The lowest BCUT2D eigenvalue weighted by atomic mass is 10.2. The second-order valence-corrected chi connectivity index (χ2v) is 6.76. The Balaban J connectivity index is 1.58. The van der Waals surface area contributed by atoms with E-state index in [2.05, 4.69) is 38.2 Å². The Morgan fingerprint density at radius 2 is 1.95 bits per heavy atom. The molecule has 0 spiro atoms. The molecule has 4 nitrogen and oxygen atoms in total. The summed E-state index contributed by atoms with van der Waals surface area (Å²) in [7, 11) is 0. The highest BCUT2D eigenvalue weighted by Gasteiger charge is 2.18. The van der Waals surface area contributed by atoms with Gasteiger partial charge in [0.05, 0.1) is 0 Å². The van der Waals surface area contributed by atoms with Crippen LogP contribution in [-0.4, -0.2) is 40.4 Å². The molecule has 1 aromatic heterocycles. The molecule has 2 heterocycles. The first-order valence-electron chi connectivity index (χ1n) is 7.79. The van der Waals surface area contributed by atoms with E-state index in [4.69, 9.17) is 11.6 Å². The molecule has 118 valence electrons. The Labute approximate surface area is 140 Å². The Hall–Kier alpha value is -1.17. The topological polar surface area (TPSA) is 32.3 Å². The van der Waals surface area contributed by atoms with Gasteiger partial charge in [-0.3, -0.25) is 4.90 Å². The molecule has 0 N–H and O–H groups in total. The van der Waals surface area contributed by atoms with E-state index in [1.807, 2.05) is 12.1 Å². The van der Waals surface area contributed by atoms with Gasteiger partial charge in [0, 0.05) is 55.7 Å². The lowest BCUT2D eigenvalue weighted by Gasteiger charge is -2.21. The van der Waals surface area contributed by atoms with Crippen LogP contribution >= 0.6 is 23.1 Å². The van der Waals surface area contributed by atoms with Crippen molar-refractivity contribution in [2.24, 2.45) is 0 Å². The fourth-order valence-corrected chi connectivity index (χ4v) is 3.61. The van der Waals surface area contributed by atoms with Gasteiger partial charge in [-0.05, 0) is 24.1 Å². The molecule has 0 saturated carbocycles. The summed E-state index contributed by atoms with van der Waals surface area (Å²) < 4.78 is 4.40. The average Bonchev–Trinajstić information content (AvgIpc) is 2.90. The lowest BCUT2D eigenvalue weighted by molar-refractivity contribution is 0.285. The molecule has 0 amide bonds. The van der Waals surface area contributed by atoms with Crippen LogP contribution < -0.4 is 4.90 Å². The molecule has 0 bridgehead atoms. The molecule has 1 fully saturated rings. The normalized spacial score (nSPS) is 16.7. The molecule has 0 aliphatic carbocycles. The number of aromatic nitrogens is 2. The van der Waals surface area contributed by atoms with Crippen molar-refractivity contribution in [2.75, 3.05) is 31.1 Å². The molecule has 1 aliphatic rings. The van der Waals surface area contributed by atoms with E-state index in [1.54, 1.807) is 0 Å². The van der Waals surface area contributed by atoms with Gasteiger partial charge in [-0.25, -0.2) is 4.98 Å². The van der Waals surface area contributed by atoms with E-state index in [-0.39, 0.29) is 0 Å². The smallest absolute Gasteiger partial charge is 0.205 e. The Kier molecular flexibility index (Phi) is 5.28. The summed E-state index contributed by atoms with van der Waals surface area (Å²) in [4.78, 5) is 9.49. The molecule has 3 rings (SSSR count). The number of rotatable bonds is 4. The van der Waals surface area contributed by atoms with Crippen molar-refractivity contribution >= 4 is 28.3 Å². The fourth-order valence-electron chi connectivity index (χ4n) is 2.69. The van der Waals surface area contributed by atoms with Gasteiger partial charge in [-0.1, -0.05) is 30.7 Å². The van der Waals surface area contributed by atoms with E-state index in [0.29, 0.717) is 0 Å². The van der Waals surface area contributed by atoms with Gasteiger partial charge in [0.2, 0.25) is 5.13 Å². The van der Waals surface area contributed by atoms with Crippen molar-refractivity contribution in [1.29, 1.82) is 0 Å². The van der Waals surface area contributed by atoms with Crippen LogP contribution in [0.1, 0.15) is 24.7 Å². The second kappa shape index (κ2) is 7.40. The summed E-state index contributed by atoms with van der Waals surface area (Å²) in [5, 5.41) is 1.87. The van der Waals surface area contributed by atoms with Gasteiger partial charge >= 0.3 is 0 Å². The van der Waals surface area contributed by atoms with Gasteiger partial charge in [0.15, 0.2) is 0 Å². The minimum absolute atomic E-state index is 0.800. The number of halogens is 1. The van der Waals surface area contributed by atoms with Crippen LogP contribution in [0, 0.1) is 0 Å². The zero-order valence-corrected chi connectivity index (χ0v) is 14.4. The van der Waals surface area contributed by atoms with Crippen LogP contribution in [0.4, 0.5) is 5.13 Å². The number of anilines is 1. The molecular weight excluding hydrogens is 316 g/mol. The van der Waals surface area contributed by atoms with Crippen molar-refractivity contribution in [3.05, 3.63) is 40.7 Å². The van der Waals surface area contributed by atoms with E-state index < -0.39 is 0 Å². The Bertz CT molecular complexity index is 598. The first-order chi connectivity index (χ1) is 10.7. The first-order valence-corrected chi connectivity index (χ1v) is 8.94. The summed E-state index contributed by atoms with van der Waals surface area (Å²) >= 11 is 7.48. The van der Waals surface area contributed by atoms with Crippen molar-refractivity contribution in [3.8, 4) is 0 Å². The molecule has 0 unspecified atom stereocenters. The molecule has 1 saturated heterocycles. The van der Waals surface area contributed by atoms with E-state index in [0.717, 1.165) is 61.5 Å². The summed E-state index contributed by atoms with van der Waals surface area (Å²) in [6.07, 6.45) is 2.07. The Morgan fingerprint density at radius 3 is 2.68 bits per heavy atom. The number of nitrogens with zero attached hydrogens (tertiary/aromatic N) is 4. The van der Waals surface area contributed by atoms with Gasteiger partial charge < -0.3 is 4.90 Å². The largest absolute Gasteiger partial charge is 0.346 e. The maximum absolute atomic E-state index is 5.95. The van der Waals surface area contributed by atoms with Crippen molar-refractivity contribution in [1.82, 2.24) is 14.3 Å². The first kappa shape index (κ1) is 15.7. The minimum atomic E-state index is 0.800. The molecule has 0 atom stereocenters. The van der Waals surface area contributed by atoms with Gasteiger partial charge in [-0.15, -0.1) is 0 Å². The third-order valence-electron chi connectivity index (χ3n) is 3.95. The summed E-state index contributed by atoms with van der Waals surface area (Å²) in [5.74, 6) is 0.960.